The van der Waals surface area contributed by atoms with E-state index in [-0.39, 0.29) is 11.8 Å². The van der Waals surface area contributed by atoms with Crippen molar-refractivity contribution in [1.82, 2.24) is 14.5 Å². The van der Waals surface area contributed by atoms with Gasteiger partial charge >= 0.3 is 5.69 Å². The summed E-state index contributed by atoms with van der Waals surface area (Å²) in [7, 11) is 0. The zero-order chi connectivity index (χ0) is 20.2. The Hall–Kier alpha value is -3.51. The van der Waals surface area contributed by atoms with Crippen molar-refractivity contribution in [3.05, 3.63) is 106 Å². The van der Waals surface area contributed by atoms with Crippen LogP contribution < -0.4 is 11.0 Å². The molecule has 0 aliphatic carbocycles. The highest BCUT2D eigenvalue weighted by Gasteiger charge is 2.05. The molecule has 0 radical (unpaired) electrons. The fourth-order valence-electron chi connectivity index (χ4n) is 2.83. The average Bonchev–Trinajstić information content (AvgIpc) is 2.73. The van der Waals surface area contributed by atoms with Gasteiger partial charge in [0.25, 0.3) is 0 Å². The van der Waals surface area contributed by atoms with Crippen LogP contribution in [-0.2, 0) is 6.54 Å². The number of nitrogens with zero attached hydrogens (tertiary/aromatic N) is 3. The van der Waals surface area contributed by atoms with Gasteiger partial charge in [-0.1, -0.05) is 48.0 Å². The van der Waals surface area contributed by atoms with Crippen molar-refractivity contribution in [2.45, 2.75) is 6.54 Å². The summed E-state index contributed by atoms with van der Waals surface area (Å²) in [6.45, 7) is 0.364. The maximum Gasteiger partial charge on any atom is 0.352 e. The first-order valence-corrected chi connectivity index (χ1v) is 9.25. The third kappa shape index (κ3) is 4.67. The predicted octanol–water partition coefficient (Wildman–Crippen LogP) is 4.89. The Morgan fingerprint density at radius 1 is 0.897 bits per heavy atom. The first-order chi connectivity index (χ1) is 14.1. The number of anilines is 2. The molecule has 29 heavy (non-hydrogen) atoms. The van der Waals surface area contributed by atoms with Crippen molar-refractivity contribution in [2.24, 2.45) is 0 Å². The summed E-state index contributed by atoms with van der Waals surface area (Å²) >= 11 is 5.88. The van der Waals surface area contributed by atoms with E-state index in [2.05, 4.69) is 15.3 Å². The highest BCUT2D eigenvalue weighted by Crippen LogP contribution is 2.22. The zero-order valence-corrected chi connectivity index (χ0v) is 16.0. The maximum atomic E-state index is 13.1. The maximum absolute atomic E-state index is 13.1. The minimum Gasteiger partial charge on any atom is -0.324 e. The van der Waals surface area contributed by atoms with E-state index in [0.29, 0.717) is 11.6 Å². The van der Waals surface area contributed by atoms with E-state index in [0.717, 1.165) is 22.4 Å². The Balaban J connectivity index is 1.46. The van der Waals surface area contributed by atoms with Gasteiger partial charge in [0.2, 0.25) is 5.95 Å². The molecule has 1 N–H and O–H groups in total. The molecule has 0 amide bonds. The van der Waals surface area contributed by atoms with Crippen LogP contribution in [0.1, 0.15) is 5.56 Å². The Kier molecular flexibility index (Phi) is 5.35. The monoisotopic (exact) mass is 406 g/mol. The van der Waals surface area contributed by atoms with Crippen LogP contribution in [0.15, 0.2) is 83.9 Å². The number of nitrogens with one attached hydrogen (secondary N) is 1. The molecule has 0 atom stereocenters. The summed E-state index contributed by atoms with van der Waals surface area (Å²) in [5.74, 6) is -0.0492. The van der Waals surface area contributed by atoms with E-state index >= 15 is 0 Å². The molecule has 0 bridgehead atoms. The molecule has 0 saturated carbocycles. The van der Waals surface area contributed by atoms with Crippen molar-refractivity contribution in [3.63, 3.8) is 0 Å². The normalized spacial score (nSPS) is 10.7. The van der Waals surface area contributed by atoms with Crippen LogP contribution in [0.5, 0.6) is 0 Å². The Morgan fingerprint density at radius 2 is 1.52 bits per heavy atom. The molecule has 0 unspecified atom stereocenters. The molecule has 5 nitrogen and oxygen atoms in total. The molecular weight excluding hydrogens is 391 g/mol. The third-order valence-corrected chi connectivity index (χ3v) is 4.60. The molecule has 0 aliphatic heterocycles. The third-order valence-electron chi connectivity index (χ3n) is 4.35. The number of halogens is 2. The lowest BCUT2D eigenvalue weighted by Gasteiger charge is -2.08. The second-order valence-electron chi connectivity index (χ2n) is 6.43. The van der Waals surface area contributed by atoms with Gasteiger partial charge in [0.1, 0.15) is 12.1 Å². The van der Waals surface area contributed by atoms with E-state index in [1.165, 1.54) is 23.0 Å². The van der Waals surface area contributed by atoms with Gasteiger partial charge in [-0.05, 0) is 53.1 Å². The Morgan fingerprint density at radius 3 is 2.14 bits per heavy atom. The Labute approximate surface area is 171 Å². The van der Waals surface area contributed by atoms with Gasteiger partial charge in [0.15, 0.2) is 0 Å². The van der Waals surface area contributed by atoms with Gasteiger partial charge in [-0.2, -0.15) is 4.98 Å². The average molecular weight is 407 g/mol. The molecule has 4 rings (SSSR count). The van der Waals surface area contributed by atoms with E-state index in [9.17, 15) is 9.18 Å². The standard InChI is InChI=1S/C22H16ClFN4O/c23-18-7-1-15(2-8-18)13-28-14-25-21(27-22(28)29)26-20-11-5-17(6-12-20)16-3-9-19(24)10-4-16/h1-12,14H,13H2,(H,26,27,29). The predicted molar refractivity (Wildman–Crippen MR) is 112 cm³/mol. The summed E-state index contributed by atoms with van der Waals surface area (Å²) in [4.78, 5) is 20.5. The fraction of sp³-hybridized carbons (Fsp3) is 0.0455. The van der Waals surface area contributed by atoms with Crippen molar-refractivity contribution in [3.8, 4) is 11.1 Å². The summed E-state index contributed by atoms with van der Waals surface area (Å²) in [6, 6.07) is 21.0. The molecule has 144 valence electrons. The van der Waals surface area contributed by atoms with E-state index in [1.807, 2.05) is 36.4 Å². The first kappa shape index (κ1) is 18.8. The molecule has 3 aromatic carbocycles. The highest BCUT2D eigenvalue weighted by molar-refractivity contribution is 6.30. The highest BCUT2D eigenvalue weighted by atomic mass is 35.5. The van der Waals surface area contributed by atoms with Gasteiger partial charge < -0.3 is 5.32 Å². The van der Waals surface area contributed by atoms with Crippen molar-refractivity contribution in [1.29, 1.82) is 0 Å². The summed E-state index contributed by atoms with van der Waals surface area (Å²) in [5.41, 5.74) is 3.14. The largest absolute Gasteiger partial charge is 0.352 e. The molecule has 0 fully saturated rings. The lowest BCUT2D eigenvalue weighted by Crippen LogP contribution is -2.24. The van der Waals surface area contributed by atoms with Crippen molar-refractivity contribution in [2.75, 3.05) is 5.32 Å². The van der Waals surface area contributed by atoms with Gasteiger partial charge in [0, 0.05) is 10.7 Å². The van der Waals surface area contributed by atoms with E-state index in [4.69, 9.17) is 11.6 Å². The van der Waals surface area contributed by atoms with Gasteiger partial charge in [0.05, 0.1) is 6.54 Å². The minimum atomic E-state index is -0.402. The fourth-order valence-corrected chi connectivity index (χ4v) is 2.96. The van der Waals surface area contributed by atoms with Crippen molar-refractivity contribution >= 4 is 23.2 Å². The van der Waals surface area contributed by atoms with Crippen LogP contribution >= 0.6 is 11.6 Å². The van der Waals surface area contributed by atoms with Crippen LogP contribution in [0, 0.1) is 5.82 Å². The second-order valence-corrected chi connectivity index (χ2v) is 6.86. The lowest BCUT2D eigenvalue weighted by atomic mass is 10.1. The molecule has 0 saturated heterocycles. The summed E-state index contributed by atoms with van der Waals surface area (Å²) in [5, 5.41) is 3.66. The van der Waals surface area contributed by atoms with E-state index in [1.54, 1.807) is 24.3 Å². The number of hydrogen-bond donors (Lipinski definition) is 1. The first-order valence-electron chi connectivity index (χ1n) is 8.88. The van der Waals surface area contributed by atoms with Crippen LogP contribution in [0.2, 0.25) is 5.02 Å². The van der Waals surface area contributed by atoms with Gasteiger partial charge in [-0.15, -0.1) is 0 Å². The van der Waals surface area contributed by atoms with Crippen molar-refractivity contribution < 1.29 is 4.39 Å². The molecule has 0 aliphatic rings. The van der Waals surface area contributed by atoms with E-state index < -0.39 is 5.69 Å². The van der Waals surface area contributed by atoms with Crippen LogP contribution in [0.3, 0.4) is 0 Å². The van der Waals surface area contributed by atoms with Crippen LogP contribution in [0.25, 0.3) is 11.1 Å². The molecule has 1 aromatic heterocycles. The zero-order valence-electron chi connectivity index (χ0n) is 15.2. The topological polar surface area (TPSA) is 59.8 Å². The second kappa shape index (κ2) is 8.24. The lowest BCUT2D eigenvalue weighted by molar-refractivity contribution is 0.628. The quantitative estimate of drug-likeness (QED) is 0.512. The van der Waals surface area contributed by atoms with Gasteiger partial charge in [-0.3, -0.25) is 4.57 Å². The number of hydrogen-bond acceptors (Lipinski definition) is 4. The smallest absolute Gasteiger partial charge is 0.324 e. The number of benzene rings is 3. The molecule has 4 aromatic rings. The molecule has 1 heterocycles. The number of aromatic nitrogens is 3. The molecule has 7 heteroatoms. The molecular formula is C22H16ClFN4O. The summed E-state index contributed by atoms with van der Waals surface area (Å²) in [6.07, 6.45) is 1.46. The SMILES string of the molecule is O=c1nc(Nc2ccc(-c3ccc(F)cc3)cc2)ncn1Cc1ccc(Cl)cc1. The Bertz CT molecular complexity index is 1170. The van der Waals surface area contributed by atoms with Crippen LogP contribution in [0.4, 0.5) is 16.0 Å². The molecule has 0 spiro atoms. The summed E-state index contributed by atoms with van der Waals surface area (Å²) < 4.78 is 14.5. The number of rotatable bonds is 5. The van der Waals surface area contributed by atoms with Gasteiger partial charge in [-0.25, -0.2) is 14.2 Å². The van der Waals surface area contributed by atoms with Crippen LogP contribution in [-0.4, -0.2) is 14.5 Å². The minimum absolute atomic E-state index is 0.219.